The number of hydrogen-bond donors (Lipinski definition) is 1. The van der Waals surface area contributed by atoms with Crippen LogP contribution in [0.2, 0.25) is 0 Å². The van der Waals surface area contributed by atoms with Gasteiger partial charge in [-0.2, -0.15) is 0 Å². The van der Waals surface area contributed by atoms with Crippen LogP contribution in [0.3, 0.4) is 0 Å². The van der Waals surface area contributed by atoms with Gasteiger partial charge >= 0.3 is 0 Å². The van der Waals surface area contributed by atoms with Gasteiger partial charge in [0.1, 0.15) is 0 Å². The molecular formula is C7H12BrN. The first-order valence-electron chi connectivity index (χ1n) is 3.10. The van der Waals surface area contributed by atoms with Crippen LogP contribution in [0.15, 0.2) is 16.7 Å². The SMILES string of the molecule is CC.Cc1ccc(Br)[nH]1. The molecule has 0 amide bonds. The minimum absolute atomic E-state index is 1.05. The van der Waals surface area contributed by atoms with E-state index in [0.29, 0.717) is 0 Å². The van der Waals surface area contributed by atoms with Crippen molar-refractivity contribution in [1.82, 2.24) is 4.98 Å². The number of halogens is 1. The van der Waals surface area contributed by atoms with Crippen molar-refractivity contribution in [2.45, 2.75) is 20.8 Å². The lowest BCUT2D eigenvalue weighted by atomic mass is 10.5. The average Bonchev–Trinajstić information content (AvgIpc) is 2.20. The van der Waals surface area contributed by atoms with E-state index < -0.39 is 0 Å². The van der Waals surface area contributed by atoms with Gasteiger partial charge in [-0.25, -0.2) is 0 Å². The standard InChI is InChI=1S/C5H6BrN.C2H6/c1-4-2-3-5(6)7-4;1-2/h2-3,7H,1H3;1-2H3. The topological polar surface area (TPSA) is 15.8 Å². The van der Waals surface area contributed by atoms with Crippen molar-refractivity contribution in [3.63, 3.8) is 0 Å². The molecule has 1 rings (SSSR count). The highest BCUT2D eigenvalue weighted by atomic mass is 79.9. The number of aryl methyl sites for hydroxylation is 1. The van der Waals surface area contributed by atoms with E-state index in [0.717, 1.165) is 4.60 Å². The van der Waals surface area contributed by atoms with Crippen LogP contribution in [-0.4, -0.2) is 4.98 Å². The smallest absolute Gasteiger partial charge is 0.0822 e. The summed E-state index contributed by atoms with van der Waals surface area (Å²) in [7, 11) is 0. The fourth-order valence-electron chi connectivity index (χ4n) is 0.470. The second kappa shape index (κ2) is 4.62. The summed E-state index contributed by atoms with van der Waals surface area (Å²) in [5.41, 5.74) is 1.19. The number of H-pyrrole nitrogens is 1. The van der Waals surface area contributed by atoms with E-state index in [1.165, 1.54) is 5.69 Å². The van der Waals surface area contributed by atoms with Crippen LogP contribution in [0, 0.1) is 6.92 Å². The van der Waals surface area contributed by atoms with Crippen molar-refractivity contribution in [3.05, 3.63) is 22.4 Å². The van der Waals surface area contributed by atoms with Gasteiger partial charge in [0.15, 0.2) is 0 Å². The number of rotatable bonds is 0. The highest BCUT2D eigenvalue weighted by Crippen LogP contribution is 2.06. The Labute approximate surface area is 64.6 Å². The average molecular weight is 190 g/mol. The maximum Gasteiger partial charge on any atom is 0.0822 e. The molecule has 0 radical (unpaired) electrons. The summed E-state index contributed by atoms with van der Waals surface area (Å²) < 4.78 is 1.05. The molecule has 52 valence electrons. The fourth-order valence-corrected chi connectivity index (χ4v) is 0.915. The molecule has 9 heavy (non-hydrogen) atoms. The summed E-state index contributed by atoms with van der Waals surface area (Å²) in [5, 5.41) is 0. The molecule has 0 fully saturated rings. The van der Waals surface area contributed by atoms with Gasteiger partial charge in [-0.1, -0.05) is 13.8 Å². The van der Waals surface area contributed by atoms with E-state index in [1.807, 2.05) is 32.9 Å². The molecule has 0 unspecified atom stereocenters. The molecule has 0 aliphatic carbocycles. The van der Waals surface area contributed by atoms with E-state index in [1.54, 1.807) is 0 Å². The number of aromatic nitrogens is 1. The molecule has 2 heteroatoms. The van der Waals surface area contributed by atoms with Gasteiger partial charge < -0.3 is 4.98 Å². The van der Waals surface area contributed by atoms with Crippen molar-refractivity contribution in [1.29, 1.82) is 0 Å². The first kappa shape index (κ1) is 8.76. The molecular weight excluding hydrogens is 178 g/mol. The van der Waals surface area contributed by atoms with E-state index in [4.69, 9.17) is 0 Å². The highest BCUT2D eigenvalue weighted by molar-refractivity contribution is 9.10. The maximum atomic E-state index is 3.28. The summed E-state index contributed by atoms with van der Waals surface area (Å²) in [6, 6.07) is 4.00. The molecule has 1 aromatic rings. The predicted molar refractivity (Wildman–Crippen MR) is 44.6 cm³/mol. The Bertz CT molecular complexity index is 141. The zero-order valence-electron chi connectivity index (χ0n) is 6.03. The summed E-state index contributed by atoms with van der Waals surface area (Å²) in [6.45, 7) is 6.02. The van der Waals surface area contributed by atoms with E-state index in [2.05, 4.69) is 20.9 Å². The van der Waals surface area contributed by atoms with Crippen molar-refractivity contribution in [2.24, 2.45) is 0 Å². The van der Waals surface area contributed by atoms with Crippen LogP contribution in [-0.2, 0) is 0 Å². The van der Waals surface area contributed by atoms with Gasteiger partial charge in [0.05, 0.1) is 4.60 Å². The molecule has 0 bridgehead atoms. The normalized spacial score (nSPS) is 8.00. The largest absolute Gasteiger partial charge is 0.353 e. The molecule has 1 aromatic heterocycles. The van der Waals surface area contributed by atoms with Gasteiger partial charge in [0, 0.05) is 5.69 Å². The Balaban J connectivity index is 0.000000291. The lowest BCUT2D eigenvalue weighted by Crippen LogP contribution is -1.63. The Hall–Kier alpha value is -0.240. The summed E-state index contributed by atoms with van der Waals surface area (Å²) in [4.78, 5) is 3.06. The lowest BCUT2D eigenvalue weighted by Gasteiger charge is -1.75. The van der Waals surface area contributed by atoms with Crippen LogP contribution in [0.4, 0.5) is 0 Å². The lowest BCUT2D eigenvalue weighted by molar-refractivity contribution is 1.24. The van der Waals surface area contributed by atoms with Crippen LogP contribution in [0.25, 0.3) is 0 Å². The molecule has 1 nitrogen and oxygen atoms in total. The van der Waals surface area contributed by atoms with Gasteiger partial charge in [-0.05, 0) is 35.0 Å². The van der Waals surface area contributed by atoms with Crippen LogP contribution in [0.5, 0.6) is 0 Å². The molecule has 0 saturated carbocycles. The third kappa shape index (κ3) is 3.36. The molecule has 0 aliphatic rings. The molecule has 0 aliphatic heterocycles. The van der Waals surface area contributed by atoms with Gasteiger partial charge in [-0.15, -0.1) is 0 Å². The minimum Gasteiger partial charge on any atom is -0.353 e. The number of aromatic amines is 1. The molecule has 0 spiro atoms. The minimum atomic E-state index is 1.05. The van der Waals surface area contributed by atoms with Crippen LogP contribution in [0.1, 0.15) is 19.5 Å². The fraction of sp³-hybridized carbons (Fsp3) is 0.429. The Kier molecular flexibility index (Phi) is 4.50. The van der Waals surface area contributed by atoms with Gasteiger partial charge in [-0.3, -0.25) is 0 Å². The van der Waals surface area contributed by atoms with Crippen LogP contribution >= 0.6 is 15.9 Å². The third-order valence-electron chi connectivity index (χ3n) is 0.796. The van der Waals surface area contributed by atoms with E-state index in [9.17, 15) is 0 Å². The number of nitrogens with one attached hydrogen (secondary N) is 1. The summed E-state index contributed by atoms with van der Waals surface area (Å²) in [6.07, 6.45) is 0. The molecule has 0 saturated heterocycles. The zero-order valence-corrected chi connectivity index (χ0v) is 7.62. The predicted octanol–water partition coefficient (Wildman–Crippen LogP) is 3.11. The highest BCUT2D eigenvalue weighted by Gasteiger charge is 1.83. The zero-order chi connectivity index (χ0) is 7.28. The first-order chi connectivity index (χ1) is 4.29. The Morgan fingerprint density at radius 1 is 1.33 bits per heavy atom. The molecule has 0 aromatic carbocycles. The second-order valence-electron chi connectivity index (χ2n) is 1.49. The third-order valence-corrected chi connectivity index (χ3v) is 1.26. The second-order valence-corrected chi connectivity index (χ2v) is 2.34. The van der Waals surface area contributed by atoms with Crippen molar-refractivity contribution >= 4 is 15.9 Å². The van der Waals surface area contributed by atoms with E-state index in [-0.39, 0.29) is 0 Å². The van der Waals surface area contributed by atoms with Crippen molar-refractivity contribution in [3.8, 4) is 0 Å². The van der Waals surface area contributed by atoms with E-state index >= 15 is 0 Å². The van der Waals surface area contributed by atoms with Gasteiger partial charge in [0.25, 0.3) is 0 Å². The summed E-state index contributed by atoms with van der Waals surface area (Å²) >= 11 is 3.28. The quantitative estimate of drug-likeness (QED) is 0.646. The molecule has 1 heterocycles. The Morgan fingerprint density at radius 3 is 2.00 bits per heavy atom. The molecule has 0 atom stereocenters. The maximum absolute atomic E-state index is 3.28. The summed E-state index contributed by atoms with van der Waals surface area (Å²) in [5.74, 6) is 0. The van der Waals surface area contributed by atoms with Crippen molar-refractivity contribution in [2.75, 3.05) is 0 Å². The van der Waals surface area contributed by atoms with Crippen LogP contribution < -0.4 is 0 Å². The van der Waals surface area contributed by atoms with Gasteiger partial charge in [0.2, 0.25) is 0 Å². The monoisotopic (exact) mass is 189 g/mol. The molecule has 1 N–H and O–H groups in total. The Morgan fingerprint density at radius 2 is 1.89 bits per heavy atom. The number of hydrogen-bond acceptors (Lipinski definition) is 0. The van der Waals surface area contributed by atoms with Crippen molar-refractivity contribution < 1.29 is 0 Å². The first-order valence-corrected chi connectivity index (χ1v) is 3.89.